The summed E-state index contributed by atoms with van der Waals surface area (Å²) in [5.41, 5.74) is 0.862. The number of nitrogens with zero attached hydrogens (tertiary/aromatic N) is 3. The Bertz CT molecular complexity index is 829. The lowest BCUT2D eigenvalue weighted by Crippen LogP contribution is -2.50. The maximum Gasteiger partial charge on any atom is 0.257 e. The highest BCUT2D eigenvalue weighted by Gasteiger charge is 2.30. The molecule has 0 spiro atoms. The van der Waals surface area contributed by atoms with Gasteiger partial charge in [-0.15, -0.1) is 0 Å². The number of methoxy groups -OCH3 is 1. The third kappa shape index (κ3) is 6.67. The molecule has 3 atom stereocenters. The van der Waals surface area contributed by atoms with Crippen molar-refractivity contribution in [3.05, 3.63) is 23.8 Å². The van der Waals surface area contributed by atoms with Gasteiger partial charge in [-0.2, -0.15) is 0 Å². The summed E-state index contributed by atoms with van der Waals surface area (Å²) in [4.78, 5) is 42.9. The summed E-state index contributed by atoms with van der Waals surface area (Å²) in [5.74, 6) is -0.0404. The van der Waals surface area contributed by atoms with Crippen molar-refractivity contribution >= 4 is 23.4 Å². The average Bonchev–Trinajstić information content (AvgIpc) is 2.71. The van der Waals surface area contributed by atoms with Crippen LogP contribution in [0.5, 0.6) is 5.75 Å². The molecule has 0 aliphatic carbocycles. The van der Waals surface area contributed by atoms with Gasteiger partial charge in [-0.05, 0) is 39.2 Å². The van der Waals surface area contributed by atoms with Crippen LogP contribution in [0.15, 0.2) is 18.2 Å². The number of hydrogen-bond acceptors (Lipinski definition) is 6. The largest absolute Gasteiger partial charge is 0.491 e. The van der Waals surface area contributed by atoms with E-state index in [4.69, 9.17) is 9.47 Å². The van der Waals surface area contributed by atoms with E-state index in [1.165, 1.54) is 6.92 Å². The Kier molecular flexibility index (Phi) is 9.03. The third-order valence-corrected chi connectivity index (χ3v) is 5.54. The Morgan fingerprint density at radius 3 is 2.53 bits per heavy atom. The molecule has 0 saturated heterocycles. The molecule has 178 valence electrons. The number of rotatable bonds is 4. The molecule has 0 unspecified atom stereocenters. The number of amides is 3. The Balaban J connectivity index is 2.44. The second-order valence-electron chi connectivity index (χ2n) is 8.77. The zero-order valence-electron chi connectivity index (χ0n) is 20.2. The van der Waals surface area contributed by atoms with Crippen LogP contribution in [-0.2, 0) is 14.3 Å². The van der Waals surface area contributed by atoms with Crippen LogP contribution in [0.2, 0.25) is 0 Å². The first-order chi connectivity index (χ1) is 15.0. The molecule has 0 aromatic heterocycles. The van der Waals surface area contributed by atoms with Gasteiger partial charge in [-0.3, -0.25) is 14.4 Å². The van der Waals surface area contributed by atoms with Gasteiger partial charge in [-0.1, -0.05) is 6.92 Å². The molecule has 1 heterocycles. The van der Waals surface area contributed by atoms with E-state index in [-0.39, 0.29) is 42.4 Å². The maximum absolute atomic E-state index is 13.2. The van der Waals surface area contributed by atoms with Gasteiger partial charge in [0, 0.05) is 45.8 Å². The van der Waals surface area contributed by atoms with Crippen LogP contribution in [0.1, 0.15) is 31.1 Å². The first-order valence-corrected chi connectivity index (χ1v) is 10.8. The lowest BCUT2D eigenvalue weighted by Gasteiger charge is -2.36. The molecular formula is C23H36N4O5. The predicted octanol–water partition coefficient (Wildman–Crippen LogP) is 1.54. The molecule has 1 aromatic rings. The number of carbonyl (C=O) groups is 3. The van der Waals surface area contributed by atoms with Crippen molar-refractivity contribution in [1.29, 1.82) is 0 Å². The van der Waals surface area contributed by atoms with Crippen molar-refractivity contribution in [1.82, 2.24) is 14.7 Å². The molecule has 32 heavy (non-hydrogen) atoms. The first kappa shape index (κ1) is 25.6. The summed E-state index contributed by atoms with van der Waals surface area (Å²) in [6.07, 6.45) is -0.256. The van der Waals surface area contributed by atoms with Crippen molar-refractivity contribution in [3.8, 4) is 5.75 Å². The van der Waals surface area contributed by atoms with Crippen molar-refractivity contribution in [3.63, 3.8) is 0 Å². The van der Waals surface area contributed by atoms with Gasteiger partial charge in [0.1, 0.15) is 12.4 Å². The molecule has 2 rings (SSSR count). The highest BCUT2D eigenvalue weighted by atomic mass is 16.5. The molecular weight excluding hydrogens is 412 g/mol. The first-order valence-electron chi connectivity index (χ1n) is 10.8. The van der Waals surface area contributed by atoms with Gasteiger partial charge in [0.25, 0.3) is 5.91 Å². The van der Waals surface area contributed by atoms with E-state index in [9.17, 15) is 14.4 Å². The van der Waals surface area contributed by atoms with E-state index in [0.717, 1.165) is 0 Å². The second kappa shape index (κ2) is 11.3. The topological polar surface area (TPSA) is 91.4 Å². The minimum absolute atomic E-state index is 0.00609. The summed E-state index contributed by atoms with van der Waals surface area (Å²) in [6.45, 7) is 6.74. The zero-order chi connectivity index (χ0) is 24.0. The molecule has 1 aromatic carbocycles. The van der Waals surface area contributed by atoms with Gasteiger partial charge >= 0.3 is 0 Å². The van der Waals surface area contributed by atoms with E-state index in [1.54, 1.807) is 37.3 Å². The summed E-state index contributed by atoms with van der Waals surface area (Å²) >= 11 is 0. The molecule has 9 nitrogen and oxygen atoms in total. The number of carbonyl (C=O) groups excluding carboxylic acids is 3. The monoisotopic (exact) mass is 448 g/mol. The fourth-order valence-corrected chi connectivity index (χ4v) is 3.77. The minimum atomic E-state index is -0.256. The Morgan fingerprint density at radius 2 is 1.94 bits per heavy atom. The predicted molar refractivity (Wildman–Crippen MR) is 123 cm³/mol. The van der Waals surface area contributed by atoms with Crippen LogP contribution in [0.4, 0.5) is 5.69 Å². The van der Waals surface area contributed by atoms with Gasteiger partial charge in [0.15, 0.2) is 0 Å². The normalized spacial score (nSPS) is 22.5. The number of ether oxygens (including phenoxy) is 2. The highest BCUT2D eigenvalue weighted by molar-refractivity contribution is 5.99. The Labute approximate surface area is 190 Å². The molecule has 1 N–H and O–H groups in total. The van der Waals surface area contributed by atoms with Gasteiger partial charge in [0.2, 0.25) is 11.8 Å². The standard InChI is InChI=1S/C23H36N4O5/c1-15-11-27(22(29)13-25(4)5)16(2)14-32-20-9-8-18(24-17(3)28)10-19(20)23(30)26(6)12-21(15)31-7/h8-10,15-16,21H,11-14H2,1-7H3,(H,24,28)/t15-,16-,21-/m0/s1. The number of anilines is 1. The Hall–Kier alpha value is -2.65. The van der Waals surface area contributed by atoms with Crippen LogP contribution in [-0.4, -0.2) is 99.1 Å². The molecule has 0 radical (unpaired) electrons. The number of fused-ring (bicyclic) bond motifs is 1. The van der Waals surface area contributed by atoms with Gasteiger partial charge in [0.05, 0.1) is 24.3 Å². The maximum atomic E-state index is 13.2. The zero-order valence-corrected chi connectivity index (χ0v) is 20.2. The summed E-state index contributed by atoms with van der Waals surface area (Å²) in [7, 11) is 7.05. The Morgan fingerprint density at radius 1 is 1.25 bits per heavy atom. The van der Waals surface area contributed by atoms with Crippen molar-refractivity contribution < 1.29 is 23.9 Å². The van der Waals surface area contributed by atoms with E-state index < -0.39 is 0 Å². The quantitative estimate of drug-likeness (QED) is 0.751. The molecule has 1 aliphatic heterocycles. The lowest BCUT2D eigenvalue weighted by molar-refractivity contribution is -0.136. The fraction of sp³-hybridized carbons (Fsp3) is 0.609. The van der Waals surface area contributed by atoms with Gasteiger partial charge in [-0.25, -0.2) is 0 Å². The number of nitrogens with one attached hydrogen (secondary N) is 1. The third-order valence-electron chi connectivity index (χ3n) is 5.54. The summed E-state index contributed by atoms with van der Waals surface area (Å²) in [5, 5.41) is 2.71. The van der Waals surface area contributed by atoms with Crippen molar-refractivity contribution in [2.24, 2.45) is 5.92 Å². The highest BCUT2D eigenvalue weighted by Crippen LogP contribution is 2.26. The molecule has 0 bridgehead atoms. The molecule has 0 saturated carbocycles. The number of benzene rings is 1. The average molecular weight is 449 g/mol. The van der Waals surface area contributed by atoms with Crippen LogP contribution in [0, 0.1) is 5.92 Å². The fourth-order valence-electron chi connectivity index (χ4n) is 3.77. The lowest BCUT2D eigenvalue weighted by atomic mass is 10.0. The van der Waals surface area contributed by atoms with Crippen molar-refractivity contribution in [2.75, 3.05) is 59.8 Å². The number of hydrogen-bond donors (Lipinski definition) is 1. The molecule has 0 fully saturated rings. The summed E-state index contributed by atoms with van der Waals surface area (Å²) < 4.78 is 11.7. The molecule has 9 heteroatoms. The van der Waals surface area contributed by atoms with E-state index in [0.29, 0.717) is 36.6 Å². The molecule has 3 amide bonds. The van der Waals surface area contributed by atoms with E-state index in [2.05, 4.69) is 5.32 Å². The summed E-state index contributed by atoms with van der Waals surface area (Å²) in [6, 6.07) is 4.77. The van der Waals surface area contributed by atoms with Gasteiger partial charge < -0.3 is 29.5 Å². The van der Waals surface area contributed by atoms with Crippen molar-refractivity contribution in [2.45, 2.75) is 32.9 Å². The molecule has 1 aliphatic rings. The van der Waals surface area contributed by atoms with Crippen LogP contribution in [0.3, 0.4) is 0 Å². The number of likely N-dealkylation sites (N-methyl/N-ethyl adjacent to an activating group) is 2. The smallest absolute Gasteiger partial charge is 0.257 e. The van der Waals surface area contributed by atoms with E-state index in [1.807, 2.05) is 37.7 Å². The van der Waals surface area contributed by atoms with Crippen LogP contribution < -0.4 is 10.1 Å². The second-order valence-corrected chi connectivity index (χ2v) is 8.77. The van der Waals surface area contributed by atoms with E-state index >= 15 is 0 Å². The van der Waals surface area contributed by atoms with Crippen LogP contribution in [0.25, 0.3) is 0 Å². The minimum Gasteiger partial charge on any atom is -0.491 e. The van der Waals surface area contributed by atoms with Crippen LogP contribution >= 0.6 is 0 Å². The SMILES string of the molecule is CO[C@H]1CN(C)C(=O)c2cc(NC(C)=O)ccc2OC[C@H](C)N(C(=O)CN(C)C)C[C@@H]1C.